The molecule has 0 radical (unpaired) electrons. The Morgan fingerprint density at radius 2 is 2.26 bits per heavy atom. The van der Waals surface area contributed by atoms with Crippen LogP contribution >= 0.6 is 0 Å². The molecule has 0 bridgehead atoms. The first kappa shape index (κ1) is 14.3. The minimum Gasteiger partial charge on any atom is -0.370 e. The molecule has 0 spiro atoms. The number of halogens is 1. The maximum Gasteiger partial charge on any atom is 0.128 e. The molecule has 1 aliphatic rings. The SMILES string of the molecule is CCC(C)C1CN(c2ccc(C)c(F)c2)CCCN1. The standard InChI is InChI=1S/C16H25FN2/c1-4-12(2)16-11-19(9-5-8-18-16)14-7-6-13(3)15(17)10-14/h6-7,10,12,16,18H,4-5,8-9,11H2,1-3H3. The molecule has 2 atom stereocenters. The fourth-order valence-electron chi connectivity index (χ4n) is 2.63. The first-order valence-corrected chi connectivity index (χ1v) is 7.36. The third kappa shape index (κ3) is 3.47. The Morgan fingerprint density at radius 3 is 2.95 bits per heavy atom. The topological polar surface area (TPSA) is 15.3 Å². The van der Waals surface area contributed by atoms with E-state index in [1.165, 1.54) is 6.42 Å². The second-order valence-electron chi connectivity index (χ2n) is 5.68. The van der Waals surface area contributed by atoms with E-state index in [0.717, 1.165) is 37.3 Å². The number of hydrogen-bond donors (Lipinski definition) is 1. The molecular weight excluding hydrogens is 239 g/mol. The van der Waals surface area contributed by atoms with Crippen LogP contribution in [0.5, 0.6) is 0 Å². The van der Waals surface area contributed by atoms with E-state index in [0.29, 0.717) is 12.0 Å². The number of hydrogen-bond acceptors (Lipinski definition) is 2. The number of nitrogens with one attached hydrogen (secondary N) is 1. The van der Waals surface area contributed by atoms with Crippen molar-refractivity contribution in [3.63, 3.8) is 0 Å². The van der Waals surface area contributed by atoms with Gasteiger partial charge in [-0.15, -0.1) is 0 Å². The maximum absolute atomic E-state index is 13.7. The van der Waals surface area contributed by atoms with Crippen molar-refractivity contribution < 1.29 is 4.39 Å². The Morgan fingerprint density at radius 1 is 1.47 bits per heavy atom. The van der Waals surface area contributed by atoms with Gasteiger partial charge in [0, 0.05) is 24.8 Å². The summed E-state index contributed by atoms with van der Waals surface area (Å²) in [6, 6.07) is 6.09. The zero-order chi connectivity index (χ0) is 13.8. The molecule has 2 unspecified atom stereocenters. The Balaban J connectivity index is 2.15. The van der Waals surface area contributed by atoms with Crippen molar-refractivity contribution in [2.45, 2.75) is 39.7 Å². The average Bonchev–Trinajstić information content (AvgIpc) is 2.67. The summed E-state index contributed by atoms with van der Waals surface area (Å²) in [7, 11) is 0. The lowest BCUT2D eigenvalue weighted by Gasteiger charge is -2.29. The summed E-state index contributed by atoms with van der Waals surface area (Å²) in [6.45, 7) is 9.36. The smallest absolute Gasteiger partial charge is 0.128 e. The maximum atomic E-state index is 13.7. The predicted molar refractivity (Wildman–Crippen MR) is 79.2 cm³/mol. The third-order valence-electron chi connectivity index (χ3n) is 4.28. The van der Waals surface area contributed by atoms with Crippen LogP contribution < -0.4 is 10.2 Å². The number of aryl methyl sites for hydroxylation is 1. The fraction of sp³-hybridized carbons (Fsp3) is 0.625. The van der Waals surface area contributed by atoms with E-state index in [4.69, 9.17) is 0 Å². The van der Waals surface area contributed by atoms with Gasteiger partial charge in [0.25, 0.3) is 0 Å². The Kier molecular flexibility index (Phi) is 4.81. The number of nitrogens with zero attached hydrogens (tertiary/aromatic N) is 1. The summed E-state index contributed by atoms with van der Waals surface area (Å²) < 4.78 is 13.7. The molecule has 1 N–H and O–H groups in total. The summed E-state index contributed by atoms with van der Waals surface area (Å²) in [5, 5.41) is 3.62. The molecule has 0 amide bonds. The van der Waals surface area contributed by atoms with Gasteiger partial charge in [-0.05, 0) is 43.5 Å². The molecule has 0 aromatic heterocycles. The van der Waals surface area contributed by atoms with Crippen molar-refractivity contribution in [3.05, 3.63) is 29.6 Å². The Hall–Kier alpha value is -1.09. The molecule has 0 aliphatic carbocycles. The van der Waals surface area contributed by atoms with Crippen LogP contribution in [0.2, 0.25) is 0 Å². The van der Waals surface area contributed by atoms with E-state index >= 15 is 0 Å². The van der Waals surface area contributed by atoms with Crippen LogP contribution in [-0.2, 0) is 0 Å². The highest BCUT2D eigenvalue weighted by molar-refractivity contribution is 5.48. The first-order valence-electron chi connectivity index (χ1n) is 7.36. The van der Waals surface area contributed by atoms with Crippen LogP contribution in [0.4, 0.5) is 10.1 Å². The Bertz CT molecular complexity index is 419. The van der Waals surface area contributed by atoms with Gasteiger partial charge in [-0.2, -0.15) is 0 Å². The quantitative estimate of drug-likeness (QED) is 0.900. The molecule has 1 aromatic carbocycles. The lowest BCUT2D eigenvalue weighted by atomic mass is 9.99. The summed E-state index contributed by atoms with van der Waals surface area (Å²) in [4.78, 5) is 2.32. The minimum atomic E-state index is -0.102. The molecule has 0 saturated carbocycles. The van der Waals surface area contributed by atoms with Gasteiger partial charge in [-0.1, -0.05) is 26.3 Å². The molecular formula is C16H25FN2. The summed E-state index contributed by atoms with van der Waals surface area (Å²) >= 11 is 0. The monoisotopic (exact) mass is 264 g/mol. The summed E-state index contributed by atoms with van der Waals surface area (Å²) in [5.74, 6) is 0.547. The molecule has 1 fully saturated rings. The van der Waals surface area contributed by atoms with E-state index in [1.54, 1.807) is 6.07 Å². The van der Waals surface area contributed by atoms with Crippen molar-refractivity contribution in [3.8, 4) is 0 Å². The van der Waals surface area contributed by atoms with Gasteiger partial charge in [0.1, 0.15) is 5.82 Å². The second kappa shape index (κ2) is 6.38. The van der Waals surface area contributed by atoms with Crippen LogP contribution in [0.1, 0.15) is 32.3 Å². The zero-order valence-electron chi connectivity index (χ0n) is 12.2. The molecule has 1 aromatic rings. The summed E-state index contributed by atoms with van der Waals surface area (Å²) in [6.07, 6.45) is 2.29. The van der Waals surface area contributed by atoms with Crippen molar-refractivity contribution in [1.29, 1.82) is 0 Å². The van der Waals surface area contributed by atoms with Crippen molar-refractivity contribution in [2.24, 2.45) is 5.92 Å². The molecule has 1 aliphatic heterocycles. The normalized spacial score (nSPS) is 22.1. The molecule has 1 heterocycles. The van der Waals surface area contributed by atoms with Gasteiger partial charge >= 0.3 is 0 Å². The second-order valence-corrected chi connectivity index (χ2v) is 5.68. The highest BCUT2D eigenvalue weighted by atomic mass is 19.1. The highest BCUT2D eigenvalue weighted by Gasteiger charge is 2.22. The van der Waals surface area contributed by atoms with Gasteiger partial charge in [0.2, 0.25) is 0 Å². The fourth-order valence-corrected chi connectivity index (χ4v) is 2.63. The van der Waals surface area contributed by atoms with Crippen LogP contribution in [-0.4, -0.2) is 25.7 Å². The third-order valence-corrected chi connectivity index (χ3v) is 4.28. The molecule has 2 rings (SSSR count). The van der Waals surface area contributed by atoms with Gasteiger partial charge in [-0.25, -0.2) is 4.39 Å². The van der Waals surface area contributed by atoms with Crippen LogP contribution in [0.3, 0.4) is 0 Å². The van der Waals surface area contributed by atoms with E-state index in [-0.39, 0.29) is 5.82 Å². The molecule has 19 heavy (non-hydrogen) atoms. The number of rotatable bonds is 3. The largest absolute Gasteiger partial charge is 0.370 e. The van der Waals surface area contributed by atoms with Crippen LogP contribution in [0.25, 0.3) is 0 Å². The molecule has 2 nitrogen and oxygen atoms in total. The number of anilines is 1. The molecule has 3 heteroatoms. The van der Waals surface area contributed by atoms with E-state index in [1.807, 2.05) is 19.1 Å². The van der Waals surface area contributed by atoms with Crippen LogP contribution in [0, 0.1) is 18.7 Å². The average molecular weight is 264 g/mol. The lowest BCUT2D eigenvalue weighted by molar-refractivity contribution is 0.384. The molecule has 1 saturated heterocycles. The van der Waals surface area contributed by atoms with Gasteiger partial charge in [0.15, 0.2) is 0 Å². The van der Waals surface area contributed by atoms with Gasteiger partial charge in [-0.3, -0.25) is 0 Å². The van der Waals surface area contributed by atoms with E-state index in [9.17, 15) is 4.39 Å². The highest BCUT2D eigenvalue weighted by Crippen LogP contribution is 2.21. The predicted octanol–water partition coefficient (Wildman–Crippen LogP) is 3.35. The van der Waals surface area contributed by atoms with E-state index < -0.39 is 0 Å². The minimum absolute atomic E-state index is 0.102. The zero-order valence-corrected chi connectivity index (χ0v) is 12.2. The molecule has 106 valence electrons. The van der Waals surface area contributed by atoms with Crippen molar-refractivity contribution >= 4 is 5.69 Å². The van der Waals surface area contributed by atoms with Crippen molar-refractivity contribution in [2.75, 3.05) is 24.5 Å². The van der Waals surface area contributed by atoms with E-state index in [2.05, 4.69) is 24.1 Å². The van der Waals surface area contributed by atoms with Crippen molar-refractivity contribution in [1.82, 2.24) is 5.32 Å². The number of benzene rings is 1. The summed E-state index contributed by atoms with van der Waals surface area (Å²) in [5.41, 5.74) is 1.73. The van der Waals surface area contributed by atoms with Crippen LogP contribution in [0.15, 0.2) is 18.2 Å². The van der Waals surface area contributed by atoms with Gasteiger partial charge in [0.05, 0.1) is 0 Å². The first-order chi connectivity index (χ1) is 9.11. The Labute approximate surface area is 116 Å². The van der Waals surface area contributed by atoms with Gasteiger partial charge < -0.3 is 10.2 Å². The lowest BCUT2D eigenvalue weighted by Crippen LogP contribution is -2.42.